The maximum absolute atomic E-state index is 5.57. The first-order valence-electron chi connectivity index (χ1n) is 4.44. The Kier molecular flexibility index (Phi) is 3.03. The van der Waals surface area contributed by atoms with Crippen LogP contribution in [0.3, 0.4) is 0 Å². The summed E-state index contributed by atoms with van der Waals surface area (Å²) in [5, 5.41) is 4.01. The summed E-state index contributed by atoms with van der Waals surface area (Å²) in [6.07, 6.45) is 3.38. The Balaban J connectivity index is 2.14. The van der Waals surface area contributed by atoms with Crippen LogP contribution in [-0.2, 0) is 6.67 Å². The number of nitrogens with two attached hydrogens (primary N) is 1. The average Bonchev–Trinajstić information content (AvgIpc) is 2.65. The van der Waals surface area contributed by atoms with Gasteiger partial charge in [-0.1, -0.05) is 22.0 Å². The van der Waals surface area contributed by atoms with Crippen molar-refractivity contribution in [2.75, 3.05) is 0 Å². The minimum Gasteiger partial charge on any atom is -0.454 e. The van der Waals surface area contributed by atoms with Gasteiger partial charge in [0.1, 0.15) is 5.75 Å². The van der Waals surface area contributed by atoms with Crippen molar-refractivity contribution in [3.8, 4) is 11.5 Å². The van der Waals surface area contributed by atoms with Crippen molar-refractivity contribution in [1.82, 2.24) is 9.78 Å². The zero-order chi connectivity index (χ0) is 10.7. The Morgan fingerprint density at radius 3 is 2.93 bits per heavy atom. The van der Waals surface area contributed by atoms with E-state index in [1.54, 1.807) is 17.1 Å². The third-order valence-electron chi connectivity index (χ3n) is 1.83. The Labute approximate surface area is 95.8 Å². The third-order valence-corrected chi connectivity index (χ3v) is 2.32. The summed E-state index contributed by atoms with van der Waals surface area (Å²) in [5.74, 6) is 1.44. The van der Waals surface area contributed by atoms with E-state index in [0.717, 1.165) is 10.2 Å². The highest BCUT2D eigenvalue weighted by atomic mass is 79.9. The second-order valence-corrected chi connectivity index (χ2v) is 3.87. The van der Waals surface area contributed by atoms with Crippen LogP contribution in [0.1, 0.15) is 0 Å². The standard InChI is InChI=1S/C10H10BrN3O/c11-8-2-1-3-9(4-8)15-10-5-13-14(6-10)7-12/h1-6H,7,12H2. The molecule has 0 aliphatic heterocycles. The van der Waals surface area contributed by atoms with Crippen LogP contribution in [0.2, 0.25) is 0 Å². The summed E-state index contributed by atoms with van der Waals surface area (Å²) in [5.41, 5.74) is 5.42. The molecule has 0 saturated carbocycles. The summed E-state index contributed by atoms with van der Waals surface area (Å²) in [7, 11) is 0. The lowest BCUT2D eigenvalue weighted by Crippen LogP contribution is -2.06. The number of aromatic nitrogens is 2. The van der Waals surface area contributed by atoms with Gasteiger partial charge in [-0.25, -0.2) is 0 Å². The molecule has 0 unspecified atom stereocenters. The lowest BCUT2D eigenvalue weighted by molar-refractivity contribution is 0.480. The number of hydrogen-bond acceptors (Lipinski definition) is 3. The molecule has 0 aliphatic rings. The summed E-state index contributed by atoms with van der Waals surface area (Å²) in [4.78, 5) is 0. The normalized spacial score (nSPS) is 10.3. The van der Waals surface area contributed by atoms with E-state index in [9.17, 15) is 0 Å². The maximum atomic E-state index is 5.57. The first-order valence-corrected chi connectivity index (χ1v) is 5.23. The molecule has 0 spiro atoms. The van der Waals surface area contributed by atoms with Gasteiger partial charge in [0.25, 0.3) is 0 Å². The molecular formula is C10H10BrN3O. The van der Waals surface area contributed by atoms with E-state index in [4.69, 9.17) is 10.5 Å². The van der Waals surface area contributed by atoms with Crippen molar-refractivity contribution in [3.05, 3.63) is 41.1 Å². The molecule has 5 heteroatoms. The van der Waals surface area contributed by atoms with Gasteiger partial charge in [-0.3, -0.25) is 4.68 Å². The van der Waals surface area contributed by atoms with E-state index < -0.39 is 0 Å². The van der Waals surface area contributed by atoms with Crippen LogP contribution in [0.25, 0.3) is 0 Å². The molecule has 0 radical (unpaired) electrons. The SMILES string of the molecule is NCn1cc(Oc2cccc(Br)c2)cn1. The molecule has 1 aromatic carbocycles. The molecule has 0 atom stereocenters. The number of ether oxygens (including phenoxy) is 1. The van der Waals surface area contributed by atoms with Gasteiger partial charge in [0.15, 0.2) is 5.75 Å². The predicted octanol–water partition coefficient (Wildman–Crippen LogP) is 2.35. The Morgan fingerprint density at radius 2 is 2.27 bits per heavy atom. The van der Waals surface area contributed by atoms with Crippen molar-refractivity contribution in [2.24, 2.45) is 5.73 Å². The van der Waals surface area contributed by atoms with Crippen LogP contribution in [0, 0.1) is 0 Å². The Bertz CT molecular complexity index is 455. The van der Waals surface area contributed by atoms with Gasteiger partial charge in [-0.2, -0.15) is 5.10 Å². The van der Waals surface area contributed by atoms with Crippen molar-refractivity contribution >= 4 is 15.9 Å². The minimum atomic E-state index is 0.349. The summed E-state index contributed by atoms with van der Waals surface area (Å²) >= 11 is 3.37. The summed E-state index contributed by atoms with van der Waals surface area (Å²) in [6.45, 7) is 0.349. The van der Waals surface area contributed by atoms with Gasteiger partial charge in [-0.15, -0.1) is 0 Å². The number of rotatable bonds is 3. The molecule has 15 heavy (non-hydrogen) atoms. The van der Waals surface area contributed by atoms with Crippen LogP contribution >= 0.6 is 15.9 Å². The molecule has 4 nitrogen and oxygen atoms in total. The molecule has 2 N–H and O–H groups in total. The van der Waals surface area contributed by atoms with Crippen molar-refractivity contribution in [1.29, 1.82) is 0 Å². The van der Waals surface area contributed by atoms with Gasteiger partial charge in [0.2, 0.25) is 0 Å². The summed E-state index contributed by atoms with van der Waals surface area (Å²) < 4.78 is 8.16. The molecular weight excluding hydrogens is 258 g/mol. The molecule has 2 aromatic rings. The number of hydrogen-bond donors (Lipinski definition) is 1. The average molecular weight is 268 g/mol. The highest BCUT2D eigenvalue weighted by Gasteiger charge is 2.00. The predicted molar refractivity (Wildman–Crippen MR) is 60.6 cm³/mol. The maximum Gasteiger partial charge on any atom is 0.165 e. The fourth-order valence-corrected chi connectivity index (χ4v) is 1.54. The highest BCUT2D eigenvalue weighted by Crippen LogP contribution is 2.23. The zero-order valence-electron chi connectivity index (χ0n) is 7.93. The number of benzene rings is 1. The fourth-order valence-electron chi connectivity index (χ4n) is 1.16. The smallest absolute Gasteiger partial charge is 0.165 e. The lowest BCUT2D eigenvalue weighted by Gasteiger charge is -2.02. The zero-order valence-corrected chi connectivity index (χ0v) is 9.52. The van der Waals surface area contributed by atoms with Crippen LogP contribution in [0.15, 0.2) is 41.1 Å². The van der Waals surface area contributed by atoms with E-state index in [1.165, 1.54) is 0 Å². The highest BCUT2D eigenvalue weighted by molar-refractivity contribution is 9.10. The van der Waals surface area contributed by atoms with E-state index in [-0.39, 0.29) is 0 Å². The fraction of sp³-hybridized carbons (Fsp3) is 0.100. The van der Waals surface area contributed by atoms with Gasteiger partial charge < -0.3 is 10.5 Å². The molecule has 0 bridgehead atoms. The molecule has 0 aliphatic carbocycles. The van der Waals surface area contributed by atoms with Crippen LogP contribution in [-0.4, -0.2) is 9.78 Å². The number of nitrogens with zero attached hydrogens (tertiary/aromatic N) is 2. The van der Waals surface area contributed by atoms with Gasteiger partial charge in [0, 0.05) is 4.47 Å². The van der Waals surface area contributed by atoms with Crippen molar-refractivity contribution < 1.29 is 4.74 Å². The van der Waals surface area contributed by atoms with Crippen molar-refractivity contribution in [3.63, 3.8) is 0 Å². The number of halogens is 1. The lowest BCUT2D eigenvalue weighted by atomic mass is 10.3. The van der Waals surface area contributed by atoms with Crippen molar-refractivity contribution in [2.45, 2.75) is 6.67 Å². The molecule has 1 heterocycles. The Hall–Kier alpha value is -1.33. The van der Waals surface area contributed by atoms with E-state index in [2.05, 4.69) is 21.0 Å². The molecule has 2 rings (SSSR count). The topological polar surface area (TPSA) is 53.1 Å². The first kappa shape index (κ1) is 10.2. The third kappa shape index (κ3) is 2.57. The Morgan fingerprint density at radius 1 is 1.40 bits per heavy atom. The van der Waals surface area contributed by atoms with Gasteiger partial charge >= 0.3 is 0 Å². The molecule has 0 amide bonds. The largest absolute Gasteiger partial charge is 0.454 e. The second kappa shape index (κ2) is 4.46. The summed E-state index contributed by atoms with van der Waals surface area (Å²) in [6, 6.07) is 7.62. The van der Waals surface area contributed by atoms with E-state index >= 15 is 0 Å². The van der Waals surface area contributed by atoms with Gasteiger partial charge in [0.05, 0.1) is 19.1 Å². The van der Waals surface area contributed by atoms with E-state index in [0.29, 0.717) is 12.4 Å². The second-order valence-electron chi connectivity index (χ2n) is 2.96. The minimum absolute atomic E-state index is 0.349. The molecule has 1 aromatic heterocycles. The van der Waals surface area contributed by atoms with Crippen LogP contribution in [0.5, 0.6) is 11.5 Å². The first-order chi connectivity index (χ1) is 7.28. The molecule has 0 fully saturated rings. The van der Waals surface area contributed by atoms with E-state index in [1.807, 2.05) is 24.3 Å². The molecule has 78 valence electrons. The van der Waals surface area contributed by atoms with Gasteiger partial charge in [-0.05, 0) is 18.2 Å². The molecule has 0 saturated heterocycles. The van der Waals surface area contributed by atoms with Crippen LogP contribution in [0.4, 0.5) is 0 Å². The van der Waals surface area contributed by atoms with Crippen LogP contribution < -0.4 is 10.5 Å². The monoisotopic (exact) mass is 267 g/mol. The quantitative estimate of drug-likeness (QED) is 0.929.